The van der Waals surface area contributed by atoms with Crippen molar-refractivity contribution >= 4 is 31.4 Å². The number of nitrogens with zero attached hydrogens (tertiary/aromatic N) is 3. The van der Waals surface area contributed by atoms with Crippen LogP contribution in [0.2, 0.25) is 4.87 Å². The van der Waals surface area contributed by atoms with Gasteiger partial charge in [0.05, 0.1) is 0 Å². The molecule has 5 heteroatoms. The number of hydrogen-bond acceptors (Lipinski definition) is 2. The Morgan fingerprint density at radius 2 is 2.27 bits per heavy atom. The second kappa shape index (κ2) is 4.54. The molecule has 0 aliphatic heterocycles. The minimum atomic E-state index is -1.69. The summed E-state index contributed by atoms with van der Waals surface area (Å²) in [6.07, 6.45) is 5.62. The minimum absolute atomic E-state index is 0.847. The fraction of sp³-hybridized carbons (Fsp3) is 0.200. The molecule has 0 atom stereocenters. The van der Waals surface area contributed by atoms with Crippen LogP contribution in [0.15, 0.2) is 30.7 Å². The van der Waals surface area contributed by atoms with Gasteiger partial charge in [-0.1, -0.05) is 0 Å². The van der Waals surface area contributed by atoms with E-state index in [2.05, 4.69) is 15.0 Å². The van der Waals surface area contributed by atoms with Gasteiger partial charge in [-0.2, -0.15) is 0 Å². The van der Waals surface area contributed by atoms with E-state index in [0.29, 0.717) is 0 Å². The molecule has 15 heavy (non-hydrogen) atoms. The summed E-state index contributed by atoms with van der Waals surface area (Å²) >= 11 is -1.69. The third-order valence-electron chi connectivity index (χ3n) is 2.06. The molecule has 0 radical (unpaired) electrons. The van der Waals surface area contributed by atoms with Crippen molar-refractivity contribution in [3.63, 3.8) is 0 Å². The molecular formula is C10H11ClN3Sb. The molecule has 0 amide bonds. The van der Waals surface area contributed by atoms with Crippen LogP contribution in [0.1, 0.15) is 5.56 Å². The molecule has 0 aromatic carbocycles. The summed E-state index contributed by atoms with van der Waals surface area (Å²) in [5.41, 5.74) is 1.18. The van der Waals surface area contributed by atoms with Crippen molar-refractivity contribution < 1.29 is 0 Å². The maximum absolute atomic E-state index is 6.14. The number of aryl methyl sites for hydroxylation is 1. The topological polar surface area (TPSA) is 30.7 Å². The second-order valence-corrected chi connectivity index (χ2v) is 10.9. The monoisotopic (exact) mass is 329 g/mol. The van der Waals surface area contributed by atoms with Crippen molar-refractivity contribution in [2.24, 2.45) is 0 Å². The predicted octanol–water partition coefficient (Wildman–Crippen LogP) is 1.64. The molecule has 0 N–H and O–H groups in total. The summed E-state index contributed by atoms with van der Waals surface area (Å²) < 4.78 is 2.97. The molecule has 0 aliphatic rings. The first kappa shape index (κ1) is 11.0. The van der Waals surface area contributed by atoms with E-state index in [9.17, 15) is 0 Å². The number of halogens is 1. The van der Waals surface area contributed by atoms with Crippen molar-refractivity contribution in [1.29, 1.82) is 0 Å². The molecule has 78 valence electrons. The summed E-state index contributed by atoms with van der Waals surface area (Å²) in [6.45, 7) is 2.04. The molecule has 2 heterocycles. The molecule has 0 saturated heterocycles. The molecule has 0 bridgehead atoms. The molecule has 2 rings (SSSR count). The molecule has 3 nitrogen and oxygen atoms in total. The van der Waals surface area contributed by atoms with Crippen LogP contribution in [0.25, 0.3) is 5.82 Å². The molecule has 0 aliphatic carbocycles. The Morgan fingerprint density at radius 3 is 2.87 bits per heavy atom. The van der Waals surface area contributed by atoms with Gasteiger partial charge in [0.1, 0.15) is 0 Å². The summed E-state index contributed by atoms with van der Waals surface area (Å²) in [5.74, 6) is 0.847. The van der Waals surface area contributed by atoms with Gasteiger partial charge in [-0.05, 0) is 0 Å². The third-order valence-corrected chi connectivity index (χ3v) is 6.06. The van der Waals surface area contributed by atoms with E-state index in [4.69, 9.17) is 8.83 Å². The quantitative estimate of drug-likeness (QED) is 0.784. The first-order valence-corrected chi connectivity index (χ1v) is 11.6. The predicted molar refractivity (Wildman–Crippen MR) is 63.2 cm³/mol. The van der Waals surface area contributed by atoms with E-state index >= 15 is 0 Å². The zero-order valence-corrected chi connectivity index (χ0v) is 11.9. The summed E-state index contributed by atoms with van der Waals surface area (Å²) in [7, 11) is 6.14. The van der Waals surface area contributed by atoms with Crippen molar-refractivity contribution in [3.05, 3.63) is 36.3 Å². The van der Waals surface area contributed by atoms with Gasteiger partial charge in [0.25, 0.3) is 0 Å². The van der Waals surface area contributed by atoms with Gasteiger partial charge in [-0.15, -0.1) is 0 Å². The molecule has 0 saturated carbocycles. The van der Waals surface area contributed by atoms with Crippen LogP contribution in [0.5, 0.6) is 0 Å². The molecule has 2 aromatic rings. The van der Waals surface area contributed by atoms with Gasteiger partial charge < -0.3 is 0 Å². The average molecular weight is 330 g/mol. The zero-order chi connectivity index (χ0) is 10.8. The van der Waals surface area contributed by atoms with Crippen molar-refractivity contribution in [2.45, 2.75) is 11.8 Å². The Labute approximate surface area is 99.7 Å². The van der Waals surface area contributed by atoms with Gasteiger partial charge in [-0.3, -0.25) is 0 Å². The fourth-order valence-electron chi connectivity index (χ4n) is 1.24. The van der Waals surface area contributed by atoms with Crippen LogP contribution < -0.4 is 3.51 Å². The van der Waals surface area contributed by atoms with E-state index < -0.39 is 19.1 Å². The summed E-state index contributed by atoms with van der Waals surface area (Å²) in [6, 6.07) is 3.97. The van der Waals surface area contributed by atoms with Crippen LogP contribution in [0.4, 0.5) is 0 Å². The molecule has 0 unspecified atom stereocenters. The number of aromatic nitrogens is 3. The molecule has 0 spiro atoms. The third kappa shape index (κ3) is 2.53. The number of hydrogen-bond donors (Lipinski definition) is 0. The van der Waals surface area contributed by atoms with Crippen LogP contribution >= 0.6 is 8.83 Å². The van der Waals surface area contributed by atoms with Crippen LogP contribution in [0.3, 0.4) is 0 Å². The van der Waals surface area contributed by atoms with Gasteiger partial charge in [0.15, 0.2) is 0 Å². The first-order valence-electron chi connectivity index (χ1n) is 4.54. The van der Waals surface area contributed by atoms with E-state index in [1.807, 2.05) is 31.5 Å². The summed E-state index contributed by atoms with van der Waals surface area (Å²) in [4.78, 5) is 6.37. The maximum atomic E-state index is 6.14. The standard InChI is InChI=1S/C9H8N3.CH3.ClH.Sb/c1-8-3-5-10-9(7-8)12-6-2-4-11-12;;;/h3-7H,1H3;1H3;1H;/q;;;+1/p-1. The number of rotatable bonds is 2. The Morgan fingerprint density at radius 1 is 1.47 bits per heavy atom. The van der Waals surface area contributed by atoms with Gasteiger partial charge in [0.2, 0.25) is 0 Å². The van der Waals surface area contributed by atoms with Crippen LogP contribution in [0, 0.1) is 6.92 Å². The van der Waals surface area contributed by atoms with Crippen molar-refractivity contribution in [1.82, 2.24) is 14.8 Å². The van der Waals surface area contributed by atoms with E-state index in [-0.39, 0.29) is 0 Å². The SMILES string of the molecule is Cc1ccnc(-n2c[c]([Sb]([CH3])[Cl])cn2)c1. The Kier molecular flexibility index (Phi) is 3.32. The second-order valence-electron chi connectivity index (χ2n) is 3.31. The number of pyridine rings is 1. The Balaban J connectivity index is 2.37. The van der Waals surface area contributed by atoms with Gasteiger partial charge in [0, 0.05) is 0 Å². The van der Waals surface area contributed by atoms with E-state index in [1.165, 1.54) is 9.07 Å². The first-order chi connectivity index (χ1) is 7.16. The van der Waals surface area contributed by atoms with Crippen molar-refractivity contribution in [2.75, 3.05) is 0 Å². The molecule has 0 fully saturated rings. The van der Waals surface area contributed by atoms with E-state index in [0.717, 1.165) is 5.82 Å². The summed E-state index contributed by atoms with van der Waals surface area (Å²) in [5, 5.41) is 4.26. The fourth-order valence-corrected chi connectivity index (χ4v) is 3.20. The normalized spacial score (nSPS) is 10.9. The van der Waals surface area contributed by atoms with Gasteiger partial charge >= 0.3 is 100 Å². The molecular weight excluding hydrogens is 319 g/mol. The molecule has 2 aromatic heterocycles. The Hall–Kier alpha value is -0.532. The average Bonchev–Trinajstić information content (AvgIpc) is 2.66. The van der Waals surface area contributed by atoms with Crippen LogP contribution in [-0.4, -0.2) is 33.8 Å². The Bertz CT molecular complexity index is 467. The zero-order valence-electron chi connectivity index (χ0n) is 8.55. The van der Waals surface area contributed by atoms with E-state index in [1.54, 1.807) is 10.9 Å². The van der Waals surface area contributed by atoms with Gasteiger partial charge in [-0.25, -0.2) is 0 Å². The van der Waals surface area contributed by atoms with Crippen molar-refractivity contribution in [3.8, 4) is 5.82 Å². The van der Waals surface area contributed by atoms with Crippen LogP contribution in [-0.2, 0) is 0 Å².